The normalized spacial score (nSPS) is 23.1. The van der Waals surface area contributed by atoms with Gasteiger partial charge in [-0.3, -0.25) is 10.1 Å². The Morgan fingerprint density at radius 2 is 2.03 bits per heavy atom. The number of carbonyl (C=O) groups is 2. The first kappa shape index (κ1) is 20.7. The van der Waals surface area contributed by atoms with E-state index in [9.17, 15) is 18.0 Å². The molecular weight excluding hydrogens is 432 g/mol. The summed E-state index contributed by atoms with van der Waals surface area (Å²) in [7, 11) is -4.02. The lowest BCUT2D eigenvalue weighted by molar-refractivity contribution is -0.123. The summed E-state index contributed by atoms with van der Waals surface area (Å²) in [5.41, 5.74) is 1.11. The molecule has 2 aliphatic rings. The van der Waals surface area contributed by atoms with E-state index in [1.165, 1.54) is 0 Å². The van der Waals surface area contributed by atoms with Gasteiger partial charge in [0.25, 0.3) is 5.91 Å². The van der Waals surface area contributed by atoms with E-state index in [1.807, 2.05) is 30.3 Å². The lowest BCUT2D eigenvalue weighted by atomic mass is 9.94. The molecule has 5 rings (SSSR count). The summed E-state index contributed by atoms with van der Waals surface area (Å²) < 4.78 is 30.7. The van der Waals surface area contributed by atoms with Gasteiger partial charge in [0.1, 0.15) is 21.7 Å². The van der Waals surface area contributed by atoms with Crippen molar-refractivity contribution in [1.29, 1.82) is 0 Å². The van der Waals surface area contributed by atoms with Crippen LogP contribution in [0.1, 0.15) is 30.5 Å². The SMILES string of the molecule is Cc1cc(-c2cc3ccccc3o2)nc(CC2CCC3(C2)NC(=O)NC3=O)c1S(N)(=O)=O. The van der Waals surface area contributed by atoms with Crippen molar-refractivity contribution in [2.24, 2.45) is 11.1 Å². The van der Waals surface area contributed by atoms with E-state index in [-0.39, 0.29) is 16.7 Å². The van der Waals surface area contributed by atoms with Gasteiger partial charge in [-0.1, -0.05) is 18.2 Å². The number of benzene rings is 1. The van der Waals surface area contributed by atoms with Crippen LogP contribution in [0.5, 0.6) is 0 Å². The predicted molar refractivity (Wildman–Crippen MR) is 116 cm³/mol. The van der Waals surface area contributed by atoms with Gasteiger partial charge < -0.3 is 9.73 Å². The molecular formula is C22H22N4O5S. The molecule has 9 nitrogen and oxygen atoms in total. The second-order valence-electron chi connectivity index (χ2n) is 8.60. The summed E-state index contributed by atoms with van der Waals surface area (Å²) >= 11 is 0. The van der Waals surface area contributed by atoms with Gasteiger partial charge in [0.15, 0.2) is 5.76 Å². The number of hydrogen-bond acceptors (Lipinski definition) is 6. The van der Waals surface area contributed by atoms with Gasteiger partial charge in [0.05, 0.1) is 5.69 Å². The van der Waals surface area contributed by atoms with Crippen LogP contribution in [-0.4, -0.2) is 30.9 Å². The third-order valence-corrected chi connectivity index (χ3v) is 7.43. The highest BCUT2D eigenvalue weighted by molar-refractivity contribution is 7.89. The fraction of sp³-hybridized carbons (Fsp3) is 0.318. The zero-order valence-electron chi connectivity index (χ0n) is 17.3. The highest BCUT2D eigenvalue weighted by Crippen LogP contribution is 2.39. The minimum Gasteiger partial charge on any atom is -0.454 e. The zero-order chi connectivity index (χ0) is 22.7. The van der Waals surface area contributed by atoms with Gasteiger partial charge in [-0.05, 0) is 62.3 Å². The molecule has 2 atom stereocenters. The first-order valence-electron chi connectivity index (χ1n) is 10.3. The Kier molecular flexibility index (Phi) is 4.61. The number of nitrogens with one attached hydrogen (secondary N) is 2. The number of urea groups is 1. The van der Waals surface area contributed by atoms with Crippen LogP contribution in [0, 0.1) is 12.8 Å². The summed E-state index contributed by atoms with van der Waals surface area (Å²) in [6, 6.07) is 10.6. The van der Waals surface area contributed by atoms with E-state index in [2.05, 4.69) is 15.6 Å². The Bertz CT molecular complexity index is 1350. The number of sulfonamides is 1. The number of primary sulfonamides is 1. The molecule has 1 aliphatic heterocycles. The van der Waals surface area contributed by atoms with Crippen molar-refractivity contribution >= 4 is 32.9 Å². The van der Waals surface area contributed by atoms with Crippen molar-refractivity contribution in [1.82, 2.24) is 15.6 Å². The van der Waals surface area contributed by atoms with E-state index in [0.29, 0.717) is 54.0 Å². The molecule has 2 aromatic heterocycles. The van der Waals surface area contributed by atoms with Crippen LogP contribution < -0.4 is 15.8 Å². The maximum absolute atomic E-state index is 12.4. The average Bonchev–Trinajstić information content (AvgIpc) is 3.38. The van der Waals surface area contributed by atoms with Crippen LogP contribution in [0.4, 0.5) is 4.79 Å². The van der Waals surface area contributed by atoms with Crippen LogP contribution >= 0.6 is 0 Å². The van der Waals surface area contributed by atoms with Crippen molar-refractivity contribution < 1.29 is 22.4 Å². The average molecular weight is 455 g/mol. The van der Waals surface area contributed by atoms with E-state index in [0.717, 1.165) is 5.39 Å². The first-order chi connectivity index (χ1) is 15.1. The van der Waals surface area contributed by atoms with Gasteiger partial charge in [-0.2, -0.15) is 0 Å². The van der Waals surface area contributed by atoms with E-state index in [4.69, 9.17) is 9.56 Å². The Hall–Kier alpha value is -3.24. The van der Waals surface area contributed by atoms with Gasteiger partial charge >= 0.3 is 6.03 Å². The summed E-state index contributed by atoms with van der Waals surface area (Å²) in [6.45, 7) is 1.68. The van der Waals surface area contributed by atoms with E-state index < -0.39 is 21.6 Å². The summed E-state index contributed by atoms with van der Waals surface area (Å²) in [4.78, 5) is 28.5. The zero-order valence-corrected chi connectivity index (χ0v) is 18.2. The minimum absolute atomic E-state index is 0.00165. The standard InChI is InChI=1S/C22H22N4O5S/c1-12-8-15(18-10-14-4-2-3-5-17(14)31-18)24-16(19(12)32(23,29)30)9-13-6-7-22(11-13)20(27)25-21(28)26-22/h2-5,8,10,13H,6-7,9,11H2,1H3,(H2,23,29,30)(H2,25,26,27,28). The smallest absolute Gasteiger partial charge is 0.322 e. The minimum atomic E-state index is -4.02. The van der Waals surface area contributed by atoms with Gasteiger partial charge in [-0.15, -0.1) is 0 Å². The summed E-state index contributed by atoms with van der Waals surface area (Å²) in [5.74, 6) is 0.149. The number of para-hydroxylation sites is 1. The largest absolute Gasteiger partial charge is 0.454 e. The monoisotopic (exact) mass is 454 g/mol. The summed E-state index contributed by atoms with van der Waals surface area (Å²) in [5, 5.41) is 11.5. The highest BCUT2D eigenvalue weighted by atomic mass is 32.2. The van der Waals surface area contributed by atoms with E-state index >= 15 is 0 Å². The fourth-order valence-corrected chi connectivity index (χ4v) is 5.90. The number of pyridine rings is 1. The molecule has 3 aromatic rings. The van der Waals surface area contributed by atoms with Crippen LogP contribution in [0.25, 0.3) is 22.4 Å². The molecule has 32 heavy (non-hydrogen) atoms. The molecule has 10 heteroatoms. The van der Waals surface area contributed by atoms with Gasteiger partial charge in [-0.25, -0.2) is 23.3 Å². The summed E-state index contributed by atoms with van der Waals surface area (Å²) in [6.07, 6.45) is 1.85. The Morgan fingerprint density at radius 1 is 1.25 bits per heavy atom. The van der Waals surface area contributed by atoms with Gasteiger partial charge in [0.2, 0.25) is 10.0 Å². The Labute approximate surface area is 184 Å². The molecule has 1 saturated heterocycles. The van der Waals surface area contributed by atoms with Crippen molar-refractivity contribution in [3.63, 3.8) is 0 Å². The number of nitrogens with zero attached hydrogens (tertiary/aromatic N) is 1. The maximum atomic E-state index is 12.4. The number of carbonyl (C=O) groups excluding carboxylic acids is 2. The molecule has 4 N–H and O–H groups in total. The second kappa shape index (κ2) is 7.14. The van der Waals surface area contributed by atoms with Crippen molar-refractivity contribution in [2.45, 2.75) is 43.0 Å². The lowest BCUT2D eigenvalue weighted by Gasteiger charge is -2.20. The molecule has 166 valence electrons. The Morgan fingerprint density at radius 3 is 2.72 bits per heavy atom. The molecule has 3 amide bonds. The number of amides is 3. The number of fused-ring (bicyclic) bond motifs is 1. The topological polar surface area (TPSA) is 144 Å². The van der Waals surface area contributed by atoms with Crippen molar-refractivity contribution in [2.75, 3.05) is 0 Å². The molecule has 1 aliphatic carbocycles. The molecule has 2 fully saturated rings. The molecule has 2 unspecified atom stereocenters. The quantitative estimate of drug-likeness (QED) is 0.516. The van der Waals surface area contributed by atoms with Crippen LogP contribution in [0.3, 0.4) is 0 Å². The van der Waals surface area contributed by atoms with E-state index in [1.54, 1.807) is 13.0 Å². The van der Waals surface area contributed by atoms with Crippen LogP contribution in [0.2, 0.25) is 0 Å². The van der Waals surface area contributed by atoms with Crippen LogP contribution in [0.15, 0.2) is 45.7 Å². The molecule has 0 bridgehead atoms. The number of aromatic nitrogens is 1. The number of rotatable bonds is 4. The molecule has 1 aromatic carbocycles. The third kappa shape index (κ3) is 3.45. The third-order valence-electron chi connectivity index (χ3n) is 6.30. The molecule has 3 heterocycles. The number of hydrogen-bond donors (Lipinski definition) is 3. The highest BCUT2D eigenvalue weighted by Gasteiger charge is 2.51. The molecule has 0 radical (unpaired) electrons. The number of imide groups is 1. The first-order valence-corrected chi connectivity index (χ1v) is 11.9. The fourth-order valence-electron chi connectivity index (χ4n) is 4.93. The van der Waals surface area contributed by atoms with Gasteiger partial charge in [0, 0.05) is 5.39 Å². The predicted octanol–water partition coefficient (Wildman–Crippen LogP) is 2.37. The molecule has 1 spiro atoms. The lowest BCUT2D eigenvalue weighted by Crippen LogP contribution is -2.44. The second-order valence-corrected chi connectivity index (χ2v) is 10.1. The number of nitrogens with two attached hydrogens (primary N) is 1. The van der Waals surface area contributed by atoms with Crippen LogP contribution in [-0.2, 0) is 21.2 Å². The Balaban J connectivity index is 1.53. The maximum Gasteiger partial charge on any atom is 0.322 e. The van der Waals surface area contributed by atoms with Crippen molar-refractivity contribution in [3.8, 4) is 11.5 Å². The van der Waals surface area contributed by atoms with Crippen molar-refractivity contribution in [3.05, 3.63) is 47.7 Å². The molecule has 1 saturated carbocycles. The number of furan rings is 1. The number of aryl methyl sites for hydroxylation is 1.